The molecule has 10 aromatic rings. The van der Waals surface area contributed by atoms with E-state index in [4.69, 9.17) is 4.42 Å². The Bertz CT molecular complexity index is 2950. The number of fused-ring (bicyclic) bond motifs is 10. The van der Waals surface area contributed by atoms with Crippen molar-refractivity contribution in [1.82, 2.24) is 0 Å². The summed E-state index contributed by atoms with van der Waals surface area (Å²) in [4.78, 5) is 0. The van der Waals surface area contributed by atoms with Gasteiger partial charge in [-0.1, -0.05) is 164 Å². The third-order valence-corrected chi connectivity index (χ3v) is 11.3. The van der Waals surface area contributed by atoms with Gasteiger partial charge in [-0.25, -0.2) is 0 Å². The van der Waals surface area contributed by atoms with Gasteiger partial charge in [-0.15, -0.1) is 0 Å². The predicted octanol–water partition coefficient (Wildman–Crippen LogP) is 13.6. The Morgan fingerprint density at radius 3 is 1.67 bits per heavy atom. The first-order valence-electron chi connectivity index (χ1n) is 18.0. The minimum Gasteiger partial charge on any atom is -0.455 e. The van der Waals surface area contributed by atoms with Crippen molar-refractivity contribution in [2.75, 3.05) is 0 Å². The highest BCUT2D eigenvalue weighted by Gasteiger charge is 2.47. The Hall–Kier alpha value is -6.70. The van der Waals surface area contributed by atoms with Crippen LogP contribution in [0.1, 0.15) is 22.3 Å². The van der Waals surface area contributed by atoms with Gasteiger partial charge in [0, 0.05) is 16.2 Å². The molecule has 0 spiro atoms. The van der Waals surface area contributed by atoms with E-state index in [1.165, 1.54) is 71.8 Å². The van der Waals surface area contributed by atoms with Gasteiger partial charge in [0.2, 0.25) is 0 Å². The monoisotopic (exact) mass is 660 g/mol. The van der Waals surface area contributed by atoms with Crippen molar-refractivity contribution in [3.05, 3.63) is 216 Å². The van der Waals surface area contributed by atoms with Gasteiger partial charge in [-0.05, 0) is 102 Å². The van der Waals surface area contributed by atoms with Crippen LogP contribution in [0.4, 0.5) is 0 Å². The summed E-state index contributed by atoms with van der Waals surface area (Å²) in [6.07, 6.45) is 0. The lowest BCUT2D eigenvalue weighted by molar-refractivity contribution is 0.672. The highest BCUT2D eigenvalue weighted by Crippen LogP contribution is 2.59. The highest BCUT2D eigenvalue weighted by atomic mass is 16.3. The standard InChI is InChI=1S/C51H32O/c1-4-12-33(13-5-1)38-24-26-42-43-27-22-35-20-21-36(37-25-29-48-46(31-37)44-28-23-34-14-10-11-19-41(34)50(44)52-48)30-45(35)49(43)51(47(42)32-38,39-15-6-2-7-16-39)40-17-8-3-9-18-40/h1-32H. The molecule has 11 rings (SSSR count). The van der Waals surface area contributed by atoms with Gasteiger partial charge in [0.1, 0.15) is 11.2 Å². The molecule has 0 saturated carbocycles. The summed E-state index contributed by atoms with van der Waals surface area (Å²) < 4.78 is 6.49. The molecule has 0 amide bonds. The molecule has 0 N–H and O–H groups in total. The smallest absolute Gasteiger partial charge is 0.143 e. The Kier molecular flexibility index (Phi) is 6.23. The lowest BCUT2D eigenvalue weighted by atomic mass is 9.66. The molecule has 0 aliphatic heterocycles. The molecule has 9 aromatic carbocycles. The maximum atomic E-state index is 6.49. The van der Waals surface area contributed by atoms with Gasteiger partial charge in [-0.2, -0.15) is 0 Å². The average Bonchev–Trinajstić information content (AvgIpc) is 3.75. The van der Waals surface area contributed by atoms with Crippen LogP contribution >= 0.6 is 0 Å². The lowest BCUT2D eigenvalue weighted by Gasteiger charge is -2.35. The van der Waals surface area contributed by atoms with Gasteiger partial charge in [0.05, 0.1) is 5.41 Å². The van der Waals surface area contributed by atoms with Crippen LogP contribution in [0.5, 0.6) is 0 Å². The largest absolute Gasteiger partial charge is 0.455 e. The van der Waals surface area contributed by atoms with E-state index in [0.717, 1.165) is 27.3 Å². The van der Waals surface area contributed by atoms with Crippen LogP contribution in [0, 0.1) is 0 Å². The molecule has 1 aromatic heterocycles. The summed E-state index contributed by atoms with van der Waals surface area (Å²) in [6.45, 7) is 0. The van der Waals surface area contributed by atoms with Crippen LogP contribution in [0.25, 0.3) is 76.9 Å². The van der Waals surface area contributed by atoms with Crippen LogP contribution in [0.3, 0.4) is 0 Å². The quantitative estimate of drug-likeness (QED) is 0.183. The molecule has 0 atom stereocenters. The third-order valence-electron chi connectivity index (χ3n) is 11.3. The van der Waals surface area contributed by atoms with Crippen molar-refractivity contribution in [3.63, 3.8) is 0 Å². The number of hydrogen-bond donors (Lipinski definition) is 0. The lowest BCUT2D eigenvalue weighted by Crippen LogP contribution is -2.28. The molecule has 1 nitrogen and oxygen atoms in total. The second kappa shape index (κ2) is 11.2. The second-order valence-corrected chi connectivity index (χ2v) is 14.0. The number of rotatable bonds is 4. The molecule has 1 aliphatic carbocycles. The fraction of sp³-hybridized carbons (Fsp3) is 0.0196. The average molecular weight is 661 g/mol. The number of benzene rings is 9. The Morgan fingerprint density at radius 2 is 0.904 bits per heavy atom. The molecule has 0 saturated heterocycles. The van der Waals surface area contributed by atoms with Crippen LogP contribution in [0.2, 0.25) is 0 Å². The molecule has 1 heteroatoms. The molecule has 242 valence electrons. The minimum atomic E-state index is -0.526. The molecule has 0 radical (unpaired) electrons. The zero-order valence-electron chi connectivity index (χ0n) is 28.4. The molecular formula is C51H32O. The normalized spacial score (nSPS) is 13.2. The summed E-state index contributed by atoms with van der Waals surface area (Å²) in [7, 11) is 0. The molecule has 52 heavy (non-hydrogen) atoms. The summed E-state index contributed by atoms with van der Waals surface area (Å²) in [5, 5.41) is 7.12. The molecular weight excluding hydrogens is 629 g/mol. The van der Waals surface area contributed by atoms with E-state index < -0.39 is 5.41 Å². The number of furan rings is 1. The van der Waals surface area contributed by atoms with Gasteiger partial charge < -0.3 is 4.42 Å². The van der Waals surface area contributed by atoms with Crippen LogP contribution < -0.4 is 0 Å². The fourth-order valence-corrected chi connectivity index (χ4v) is 8.99. The van der Waals surface area contributed by atoms with Crippen molar-refractivity contribution in [1.29, 1.82) is 0 Å². The van der Waals surface area contributed by atoms with Crippen molar-refractivity contribution in [3.8, 4) is 33.4 Å². The minimum absolute atomic E-state index is 0.526. The highest BCUT2D eigenvalue weighted by molar-refractivity contribution is 6.15. The van der Waals surface area contributed by atoms with Crippen molar-refractivity contribution >= 4 is 43.5 Å². The zero-order valence-corrected chi connectivity index (χ0v) is 28.4. The first kappa shape index (κ1) is 29.1. The van der Waals surface area contributed by atoms with Gasteiger partial charge in [-0.3, -0.25) is 0 Å². The van der Waals surface area contributed by atoms with Crippen molar-refractivity contribution < 1.29 is 4.42 Å². The van der Waals surface area contributed by atoms with E-state index in [9.17, 15) is 0 Å². The molecule has 1 aliphatic rings. The van der Waals surface area contributed by atoms with E-state index in [1.54, 1.807) is 0 Å². The van der Waals surface area contributed by atoms with Crippen molar-refractivity contribution in [2.45, 2.75) is 5.41 Å². The third kappa shape index (κ3) is 4.11. The van der Waals surface area contributed by atoms with E-state index in [0.29, 0.717) is 0 Å². The van der Waals surface area contributed by atoms with Crippen LogP contribution in [-0.2, 0) is 5.41 Å². The topological polar surface area (TPSA) is 13.1 Å². The second-order valence-electron chi connectivity index (χ2n) is 14.0. The summed E-state index contributed by atoms with van der Waals surface area (Å²) in [5.41, 5.74) is 13.9. The first-order chi connectivity index (χ1) is 25.8. The van der Waals surface area contributed by atoms with E-state index in [-0.39, 0.29) is 0 Å². The van der Waals surface area contributed by atoms with Crippen LogP contribution in [0.15, 0.2) is 199 Å². The number of hydrogen-bond acceptors (Lipinski definition) is 1. The Morgan fingerprint density at radius 1 is 0.346 bits per heavy atom. The summed E-state index contributed by atoms with van der Waals surface area (Å²) in [6, 6.07) is 71.2. The first-order valence-corrected chi connectivity index (χ1v) is 18.0. The van der Waals surface area contributed by atoms with E-state index in [2.05, 4.69) is 194 Å². The van der Waals surface area contributed by atoms with Gasteiger partial charge in [0.25, 0.3) is 0 Å². The Labute approximate surface area is 302 Å². The SMILES string of the molecule is c1ccc(-c2ccc3c(c2)C(c2ccccc2)(c2ccccc2)c2c-3ccc3ccc(-c4ccc5oc6c7ccccc7ccc6c5c4)cc23)cc1. The fourth-order valence-electron chi connectivity index (χ4n) is 8.99. The maximum absolute atomic E-state index is 6.49. The predicted molar refractivity (Wildman–Crippen MR) is 217 cm³/mol. The molecule has 0 unspecified atom stereocenters. The van der Waals surface area contributed by atoms with E-state index >= 15 is 0 Å². The van der Waals surface area contributed by atoms with E-state index in [1.807, 2.05) is 0 Å². The summed E-state index contributed by atoms with van der Waals surface area (Å²) in [5.74, 6) is 0. The van der Waals surface area contributed by atoms with Crippen LogP contribution in [-0.4, -0.2) is 0 Å². The molecule has 1 heterocycles. The van der Waals surface area contributed by atoms with Gasteiger partial charge >= 0.3 is 0 Å². The van der Waals surface area contributed by atoms with Gasteiger partial charge in [0.15, 0.2) is 0 Å². The van der Waals surface area contributed by atoms with Crippen molar-refractivity contribution in [2.24, 2.45) is 0 Å². The molecule has 0 bridgehead atoms. The zero-order chi connectivity index (χ0) is 34.2. The maximum Gasteiger partial charge on any atom is 0.143 e. The summed E-state index contributed by atoms with van der Waals surface area (Å²) >= 11 is 0. The molecule has 0 fully saturated rings. The Balaban J connectivity index is 1.19.